The van der Waals surface area contributed by atoms with Crippen molar-refractivity contribution in [3.05, 3.63) is 24.3 Å². The second-order valence-corrected chi connectivity index (χ2v) is 15.1. The van der Waals surface area contributed by atoms with E-state index < -0.39 is 26.5 Å². The van der Waals surface area contributed by atoms with Crippen LogP contribution in [0.1, 0.15) is 149 Å². The number of unbranched alkanes of at least 4 members (excludes halogenated alkanes) is 15. The molecule has 0 bridgehead atoms. The Bertz CT molecular complexity index is 871. The van der Waals surface area contributed by atoms with Crippen LogP contribution in [0.4, 0.5) is 0 Å². The van der Waals surface area contributed by atoms with E-state index in [2.05, 4.69) is 38.2 Å². The van der Waals surface area contributed by atoms with Crippen LogP contribution in [0.25, 0.3) is 0 Å². The first kappa shape index (κ1) is 45.5. The molecule has 0 radical (unpaired) electrons. The van der Waals surface area contributed by atoms with Gasteiger partial charge in [0.25, 0.3) is 0 Å². The third kappa shape index (κ3) is 34.2. The SMILES string of the molecule is CCCCCC/C=C\C/C=C\CCCCCCCCCC(=O)OC(COC(=O)CCCCCCC)COP(=O)(O)OCC[N+](C)(C)C. The van der Waals surface area contributed by atoms with Crippen LogP contribution >= 0.6 is 7.82 Å². The molecule has 0 saturated carbocycles. The van der Waals surface area contributed by atoms with Crippen molar-refractivity contribution in [2.75, 3.05) is 47.5 Å². The molecule has 0 spiro atoms. The molecule has 0 heterocycles. The van der Waals surface area contributed by atoms with Crippen molar-refractivity contribution in [2.45, 2.75) is 155 Å². The maximum absolute atomic E-state index is 12.6. The van der Waals surface area contributed by atoms with Gasteiger partial charge in [-0.05, 0) is 44.9 Å². The molecule has 0 aromatic heterocycles. The van der Waals surface area contributed by atoms with Crippen molar-refractivity contribution in [3.63, 3.8) is 0 Å². The maximum Gasteiger partial charge on any atom is 0.472 e. The third-order valence-electron chi connectivity index (χ3n) is 7.73. The summed E-state index contributed by atoms with van der Waals surface area (Å²) in [6, 6.07) is 0. The molecule has 0 aromatic carbocycles. The van der Waals surface area contributed by atoms with Crippen molar-refractivity contribution >= 4 is 19.8 Å². The lowest BCUT2D eigenvalue weighted by atomic mass is 10.1. The fraction of sp³-hybridized carbons (Fsp3) is 0.838. The van der Waals surface area contributed by atoms with E-state index in [1.807, 2.05) is 21.1 Å². The Morgan fingerprint density at radius 3 is 1.70 bits per heavy atom. The third-order valence-corrected chi connectivity index (χ3v) is 8.72. The molecule has 10 heteroatoms. The number of nitrogens with zero attached hydrogens (tertiary/aromatic N) is 1. The first-order valence-corrected chi connectivity index (χ1v) is 20.1. The second kappa shape index (κ2) is 30.5. The Balaban J connectivity index is 4.30. The Morgan fingerprint density at radius 1 is 0.660 bits per heavy atom. The van der Waals surface area contributed by atoms with Crippen molar-refractivity contribution in [3.8, 4) is 0 Å². The molecule has 0 aliphatic rings. The zero-order chi connectivity index (χ0) is 35.1. The number of carbonyl (C=O) groups is 2. The van der Waals surface area contributed by atoms with Gasteiger partial charge < -0.3 is 18.9 Å². The molecule has 0 rings (SSSR count). The lowest BCUT2D eigenvalue weighted by Gasteiger charge is -2.24. The van der Waals surface area contributed by atoms with Crippen LogP contribution in [0.2, 0.25) is 0 Å². The van der Waals surface area contributed by atoms with Crippen LogP contribution in [0, 0.1) is 0 Å². The number of carbonyl (C=O) groups excluding carboxylic acids is 2. The highest BCUT2D eigenvalue weighted by atomic mass is 31.2. The van der Waals surface area contributed by atoms with Crippen LogP contribution in [-0.4, -0.2) is 74.9 Å². The number of hydrogen-bond acceptors (Lipinski definition) is 7. The minimum Gasteiger partial charge on any atom is -0.462 e. The number of hydrogen-bond donors (Lipinski definition) is 1. The zero-order valence-corrected chi connectivity index (χ0v) is 31.7. The Kier molecular flexibility index (Phi) is 29.6. The quantitative estimate of drug-likeness (QED) is 0.0239. The predicted octanol–water partition coefficient (Wildman–Crippen LogP) is 9.63. The van der Waals surface area contributed by atoms with Crippen LogP contribution in [-0.2, 0) is 32.7 Å². The highest BCUT2D eigenvalue weighted by Crippen LogP contribution is 2.43. The molecular weight excluding hydrogens is 617 g/mol. The summed E-state index contributed by atoms with van der Waals surface area (Å²) in [5, 5.41) is 0. The van der Waals surface area contributed by atoms with Gasteiger partial charge in [-0.15, -0.1) is 0 Å². The number of allylic oxidation sites excluding steroid dienone is 4. The number of rotatable bonds is 33. The Labute approximate surface area is 288 Å². The maximum atomic E-state index is 12.6. The van der Waals surface area contributed by atoms with Crippen molar-refractivity contribution in [1.82, 2.24) is 0 Å². The van der Waals surface area contributed by atoms with Gasteiger partial charge in [0.1, 0.15) is 19.8 Å². The molecule has 0 aliphatic carbocycles. The van der Waals surface area contributed by atoms with Gasteiger partial charge in [-0.1, -0.05) is 115 Å². The van der Waals surface area contributed by atoms with Crippen molar-refractivity contribution < 1.29 is 42.1 Å². The molecule has 0 fully saturated rings. The van der Waals surface area contributed by atoms with Crippen LogP contribution < -0.4 is 0 Å². The van der Waals surface area contributed by atoms with E-state index in [1.54, 1.807) is 0 Å². The van der Waals surface area contributed by atoms with Gasteiger partial charge in [-0.3, -0.25) is 18.6 Å². The average Bonchev–Trinajstić information content (AvgIpc) is 3.01. The van der Waals surface area contributed by atoms with Crippen LogP contribution in [0.3, 0.4) is 0 Å². The summed E-state index contributed by atoms with van der Waals surface area (Å²) in [6.07, 6.45) is 29.8. The molecule has 2 unspecified atom stereocenters. The van der Waals surface area contributed by atoms with E-state index in [4.69, 9.17) is 18.5 Å². The second-order valence-electron chi connectivity index (χ2n) is 13.6. The van der Waals surface area contributed by atoms with Gasteiger partial charge in [0, 0.05) is 12.8 Å². The highest BCUT2D eigenvalue weighted by molar-refractivity contribution is 7.47. The van der Waals surface area contributed by atoms with Crippen molar-refractivity contribution in [1.29, 1.82) is 0 Å². The minimum atomic E-state index is -4.36. The van der Waals surface area contributed by atoms with Crippen LogP contribution in [0.5, 0.6) is 0 Å². The lowest BCUT2D eigenvalue weighted by molar-refractivity contribution is -0.870. The number of likely N-dealkylation sites (N-methyl/N-ethyl adjacent to an activating group) is 1. The molecule has 1 N–H and O–H groups in total. The van der Waals surface area contributed by atoms with E-state index in [9.17, 15) is 19.0 Å². The Hall–Kier alpha value is -1.51. The van der Waals surface area contributed by atoms with E-state index in [0.29, 0.717) is 17.4 Å². The van der Waals surface area contributed by atoms with Gasteiger partial charge in [0.05, 0.1) is 27.7 Å². The summed E-state index contributed by atoms with van der Waals surface area (Å²) >= 11 is 0. The molecule has 0 aromatic rings. The van der Waals surface area contributed by atoms with E-state index >= 15 is 0 Å². The normalized spacial score (nSPS) is 14.1. The molecule has 9 nitrogen and oxygen atoms in total. The average molecular weight is 689 g/mol. The molecule has 47 heavy (non-hydrogen) atoms. The largest absolute Gasteiger partial charge is 0.472 e. The molecule has 2 atom stereocenters. The number of quaternary nitrogens is 1. The summed E-state index contributed by atoms with van der Waals surface area (Å²) in [6.45, 7) is 4.28. The molecule has 0 amide bonds. The summed E-state index contributed by atoms with van der Waals surface area (Å²) < 4.78 is 33.9. The smallest absolute Gasteiger partial charge is 0.462 e. The summed E-state index contributed by atoms with van der Waals surface area (Å²) in [5.74, 6) is -0.823. The van der Waals surface area contributed by atoms with E-state index in [0.717, 1.165) is 64.2 Å². The first-order valence-electron chi connectivity index (χ1n) is 18.6. The first-order chi connectivity index (χ1) is 22.5. The highest BCUT2D eigenvalue weighted by Gasteiger charge is 2.27. The Morgan fingerprint density at radius 2 is 1.15 bits per heavy atom. The lowest BCUT2D eigenvalue weighted by Crippen LogP contribution is -2.37. The van der Waals surface area contributed by atoms with Crippen LogP contribution in [0.15, 0.2) is 24.3 Å². The number of phosphoric acid groups is 1. The molecule has 0 aliphatic heterocycles. The number of phosphoric ester groups is 1. The predicted molar refractivity (Wildman–Crippen MR) is 192 cm³/mol. The monoisotopic (exact) mass is 688 g/mol. The van der Waals surface area contributed by atoms with E-state index in [-0.39, 0.29) is 32.0 Å². The summed E-state index contributed by atoms with van der Waals surface area (Å²) in [7, 11) is 1.47. The van der Waals surface area contributed by atoms with Gasteiger partial charge in [-0.25, -0.2) is 4.57 Å². The molecule has 276 valence electrons. The summed E-state index contributed by atoms with van der Waals surface area (Å²) in [4.78, 5) is 34.9. The van der Waals surface area contributed by atoms with Crippen molar-refractivity contribution in [2.24, 2.45) is 0 Å². The van der Waals surface area contributed by atoms with Gasteiger partial charge in [0.15, 0.2) is 6.10 Å². The van der Waals surface area contributed by atoms with Gasteiger partial charge in [0.2, 0.25) is 0 Å². The standard InChI is InChI=1S/C37H70NO8P/c1-6-8-10-12-13-14-15-16-17-18-19-20-21-22-23-24-26-28-30-37(40)46-35(33-43-36(39)29-27-25-11-9-7-2)34-45-47(41,42)44-32-31-38(3,4)5/h14-15,17-18,35H,6-13,16,19-34H2,1-5H3/p+1/b15-14-,18-17-. The fourth-order valence-corrected chi connectivity index (χ4v) is 5.49. The number of esters is 2. The fourth-order valence-electron chi connectivity index (χ4n) is 4.75. The zero-order valence-electron chi connectivity index (χ0n) is 30.8. The van der Waals surface area contributed by atoms with E-state index in [1.165, 1.54) is 51.4 Å². The van der Waals surface area contributed by atoms with Gasteiger partial charge in [-0.2, -0.15) is 0 Å². The minimum absolute atomic E-state index is 0.0307. The van der Waals surface area contributed by atoms with Gasteiger partial charge >= 0.3 is 19.8 Å². The summed E-state index contributed by atoms with van der Waals surface area (Å²) in [5.41, 5.74) is 0. The molecular formula is C37H71NO8P+. The topological polar surface area (TPSA) is 108 Å². The number of ether oxygens (including phenoxy) is 2. The molecule has 0 saturated heterocycles.